The van der Waals surface area contributed by atoms with Crippen LogP contribution in [0.5, 0.6) is 17.2 Å². The van der Waals surface area contributed by atoms with E-state index in [1.165, 1.54) is 12.3 Å². The molecule has 146 valence electrons. The van der Waals surface area contributed by atoms with Crippen LogP contribution in [0, 0.1) is 5.92 Å². The molecule has 1 atom stereocenters. The second kappa shape index (κ2) is 8.43. The average molecular weight is 383 g/mol. The maximum atomic E-state index is 12.5. The molecule has 0 aromatic heterocycles. The van der Waals surface area contributed by atoms with Gasteiger partial charge in [0.2, 0.25) is 6.79 Å². The Hall–Kier alpha value is -3.55. The fourth-order valence-electron chi connectivity index (χ4n) is 2.63. The van der Waals surface area contributed by atoms with E-state index >= 15 is 0 Å². The fraction of sp³-hybridized carbons (Fsp3) is 0.250. The summed E-state index contributed by atoms with van der Waals surface area (Å²) < 4.78 is 10.5. The summed E-state index contributed by atoms with van der Waals surface area (Å²) in [7, 11) is 0. The third kappa shape index (κ3) is 4.40. The minimum absolute atomic E-state index is 0.0528. The first kappa shape index (κ1) is 19.2. The van der Waals surface area contributed by atoms with Crippen molar-refractivity contribution >= 4 is 18.0 Å². The molecule has 3 rings (SSSR count). The Morgan fingerprint density at radius 3 is 2.64 bits per heavy atom. The number of hydrazone groups is 1. The number of amides is 2. The lowest BCUT2D eigenvalue weighted by Gasteiger charge is -2.20. The smallest absolute Gasteiger partial charge is 0.262 e. The molecule has 8 heteroatoms. The fourth-order valence-corrected chi connectivity index (χ4v) is 2.63. The van der Waals surface area contributed by atoms with E-state index < -0.39 is 17.9 Å². The third-order valence-corrected chi connectivity index (χ3v) is 4.19. The van der Waals surface area contributed by atoms with Gasteiger partial charge in [0, 0.05) is 11.1 Å². The van der Waals surface area contributed by atoms with Gasteiger partial charge in [-0.25, -0.2) is 5.43 Å². The Bertz CT molecular complexity index is 910. The van der Waals surface area contributed by atoms with Gasteiger partial charge in [-0.1, -0.05) is 26.0 Å². The predicted molar refractivity (Wildman–Crippen MR) is 103 cm³/mol. The van der Waals surface area contributed by atoms with Crippen molar-refractivity contribution in [1.29, 1.82) is 0 Å². The Balaban J connectivity index is 1.64. The van der Waals surface area contributed by atoms with Crippen LogP contribution in [-0.2, 0) is 4.79 Å². The van der Waals surface area contributed by atoms with Gasteiger partial charge >= 0.3 is 0 Å². The molecule has 0 saturated heterocycles. The summed E-state index contributed by atoms with van der Waals surface area (Å²) in [6.07, 6.45) is 1.34. The SMILES string of the molecule is CC(C)C(NC(=O)c1ccc2c(c1)OCO2)C(=O)NN=Cc1ccccc1O. The van der Waals surface area contributed by atoms with Gasteiger partial charge in [0.05, 0.1) is 6.21 Å². The summed E-state index contributed by atoms with van der Waals surface area (Å²) in [5, 5.41) is 16.3. The summed E-state index contributed by atoms with van der Waals surface area (Å²) in [6.45, 7) is 3.75. The molecule has 1 heterocycles. The lowest BCUT2D eigenvalue weighted by molar-refractivity contribution is -0.123. The van der Waals surface area contributed by atoms with Crippen molar-refractivity contribution in [1.82, 2.24) is 10.7 Å². The largest absolute Gasteiger partial charge is 0.507 e. The number of benzene rings is 2. The van der Waals surface area contributed by atoms with E-state index in [0.717, 1.165) is 0 Å². The van der Waals surface area contributed by atoms with E-state index in [9.17, 15) is 14.7 Å². The summed E-state index contributed by atoms with van der Waals surface area (Å²) in [5.74, 6) is 0.0848. The number of fused-ring (bicyclic) bond motifs is 1. The number of phenolic OH excluding ortho intramolecular Hbond substituents is 1. The second-order valence-corrected chi connectivity index (χ2v) is 6.56. The molecule has 0 saturated carbocycles. The highest BCUT2D eigenvalue weighted by Gasteiger charge is 2.25. The van der Waals surface area contributed by atoms with E-state index in [0.29, 0.717) is 22.6 Å². The molecule has 0 aliphatic carbocycles. The van der Waals surface area contributed by atoms with Crippen LogP contribution < -0.4 is 20.2 Å². The molecule has 1 unspecified atom stereocenters. The number of nitrogens with one attached hydrogen (secondary N) is 2. The molecule has 2 aromatic carbocycles. The summed E-state index contributed by atoms with van der Waals surface area (Å²) in [4.78, 5) is 25.0. The molecular formula is C20H21N3O5. The Labute approximate surface area is 162 Å². The predicted octanol–water partition coefficient (Wildman–Crippen LogP) is 2.03. The zero-order valence-corrected chi connectivity index (χ0v) is 15.5. The third-order valence-electron chi connectivity index (χ3n) is 4.19. The molecule has 3 N–H and O–H groups in total. The van der Waals surface area contributed by atoms with Crippen molar-refractivity contribution < 1.29 is 24.2 Å². The quantitative estimate of drug-likeness (QED) is 0.522. The van der Waals surface area contributed by atoms with Crippen molar-refractivity contribution in [3.05, 3.63) is 53.6 Å². The molecule has 0 fully saturated rings. The van der Waals surface area contributed by atoms with Gasteiger partial charge in [0.25, 0.3) is 11.8 Å². The Kier molecular flexibility index (Phi) is 5.78. The topological polar surface area (TPSA) is 109 Å². The minimum atomic E-state index is -0.792. The molecule has 28 heavy (non-hydrogen) atoms. The molecule has 2 amide bonds. The number of nitrogens with zero attached hydrogens (tertiary/aromatic N) is 1. The zero-order valence-electron chi connectivity index (χ0n) is 15.5. The zero-order chi connectivity index (χ0) is 20.1. The normalized spacial score (nSPS) is 13.5. The molecule has 1 aliphatic rings. The first-order chi connectivity index (χ1) is 13.5. The van der Waals surface area contributed by atoms with Crippen LogP contribution in [-0.4, -0.2) is 36.0 Å². The van der Waals surface area contributed by atoms with Crippen molar-refractivity contribution in [2.45, 2.75) is 19.9 Å². The van der Waals surface area contributed by atoms with Crippen LogP contribution >= 0.6 is 0 Å². The van der Waals surface area contributed by atoms with Crippen molar-refractivity contribution in [3.8, 4) is 17.2 Å². The molecule has 8 nitrogen and oxygen atoms in total. The molecular weight excluding hydrogens is 362 g/mol. The van der Waals surface area contributed by atoms with Crippen LogP contribution in [0.4, 0.5) is 0 Å². The van der Waals surface area contributed by atoms with Crippen LogP contribution in [0.15, 0.2) is 47.6 Å². The van der Waals surface area contributed by atoms with Crippen LogP contribution in [0.25, 0.3) is 0 Å². The number of rotatable bonds is 6. The van der Waals surface area contributed by atoms with Gasteiger partial charge in [0.1, 0.15) is 11.8 Å². The number of ether oxygens (including phenoxy) is 2. The highest BCUT2D eigenvalue weighted by atomic mass is 16.7. The standard InChI is InChI=1S/C20H21N3O5/c1-12(2)18(20(26)23-21-10-14-5-3-4-6-15(14)24)22-19(25)13-7-8-16-17(9-13)28-11-27-16/h3-10,12,18,24H,11H2,1-2H3,(H,22,25)(H,23,26). The van der Waals surface area contributed by atoms with Crippen LogP contribution in [0.3, 0.4) is 0 Å². The monoisotopic (exact) mass is 383 g/mol. The number of aromatic hydroxyl groups is 1. The highest BCUT2D eigenvalue weighted by molar-refractivity contribution is 5.98. The first-order valence-corrected chi connectivity index (χ1v) is 8.77. The summed E-state index contributed by atoms with van der Waals surface area (Å²) >= 11 is 0. The van der Waals surface area contributed by atoms with Crippen molar-refractivity contribution in [2.75, 3.05) is 6.79 Å². The number of hydrogen-bond acceptors (Lipinski definition) is 6. The molecule has 0 bridgehead atoms. The highest BCUT2D eigenvalue weighted by Crippen LogP contribution is 2.32. The maximum absolute atomic E-state index is 12.5. The van der Waals surface area contributed by atoms with E-state index in [2.05, 4.69) is 15.8 Å². The van der Waals surface area contributed by atoms with E-state index in [-0.39, 0.29) is 18.5 Å². The van der Waals surface area contributed by atoms with E-state index in [1.807, 2.05) is 13.8 Å². The lowest BCUT2D eigenvalue weighted by Crippen LogP contribution is -2.48. The van der Waals surface area contributed by atoms with Gasteiger partial charge in [0.15, 0.2) is 11.5 Å². The lowest BCUT2D eigenvalue weighted by atomic mass is 10.0. The Morgan fingerprint density at radius 1 is 1.14 bits per heavy atom. The number of carbonyl (C=O) groups excluding carboxylic acids is 2. The number of hydrogen-bond donors (Lipinski definition) is 3. The summed E-state index contributed by atoms with van der Waals surface area (Å²) in [5.41, 5.74) is 3.23. The van der Waals surface area contributed by atoms with Crippen LogP contribution in [0.2, 0.25) is 0 Å². The van der Waals surface area contributed by atoms with Crippen molar-refractivity contribution in [2.24, 2.45) is 11.0 Å². The number of para-hydroxylation sites is 1. The van der Waals surface area contributed by atoms with Crippen LogP contribution in [0.1, 0.15) is 29.8 Å². The molecule has 2 aromatic rings. The average Bonchev–Trinajstić information content (AvgIpc) is 3.14. The number of phenols is 1. The maximum Gasteiger partial charge on any atom is 0.262 e. The first-order valence-electron chi connectivity index (χ1n) is 8.77. The minimum Gasteiger partial charge on any atom is -0.507 e. The van der Waals surface area contributed by atoms with Gasteiger partial charge in [-0.2, -0.15) is 5.10 Å². The molecule has 1 aliphatic heterocycles. The van der Waals surface area contributed by atoms with Gasteiger partial charge < -0.3 is 19.9 Å². The van der Waals surface area contributed by atoms with E-state index in [4.69, 9.17) is 9.47 Å². The van der Waals surface area contributed by atoms with Crippen molar-refractivity contribution in [3.63, 3.8) is 0 Å². The van der Waals surface area contributed by atoms with Gasteiger partial charge in [-0.05, 0) is 36.2 Å². The molecule has 0 radical (unpaired) electrons. The summed E-state index contributed by atoms with van der Waals surface area (Å²) in [6, 6.07) is 10.6. The second-order valence-electron chi connectivity index (χ2n) is 6.56. The van der Waals surface area contributed by atoms with Gasteiger partial charge in [-0.15, -0.1) is 0 Å². The van der Waals surface area contributed by atoms with Gasteiger partial charge in [-0.3, -0.25) is 9.59 Å². The number of carbonyl (C=O) groups is 2. The Morgan fingerprint density at radius 2 is 1.89 bits per heavy atom. The molecule has 0 spiro atoms. The van der Waals surface area contributed by atoms with E-state index in [1.54, 1.807) is 36.4 Å².